The Morgan fingerprint density at radius 2 is 2.17 bits per heavy atom. The van der Waals surface area contributed by atoms with E-state index in [-0.39, 0.29) is 5.91 Å². The summed E-state index contributed by atoms with van der Waals surface area (Å²) in [6, 6.07) is 8.95. The van der Waals surface area contributed by atoms with Crippen molar-refractivity contribution in [2.24, 2.45) is 0 Å². The predicted molar refractivity (Wildman–Crippen MR) is 68.8 cm³/mol. The minimum Gasteiger partial charge on any atom is -0.398 e. The summed E-state index contributed by atoms with van der Waals surface area (Å²) < 4.78 is 0. The Labute approximate surface area is 105 Å². The number of anilines is 1. The Hall–Kier alpha value is -2.43. The molecule has 2 aromatic rings. The lowest BCUT2D eigenvalue weighted by Gasteiger charge is -2.08. The molecule has 0 saturated heterocycles. The first-order chi connectivity index (χ1) is 8.68. The van der Waals surface area contributed by atoms with Gasteiger partial charge in [-0.3, -0.25) is 4.79 Å². The number of nitrogens with one attached hydrogen (secondary N) is 1. The first kappa shape index (κ1) is 12.0. The van der Waals surface area contributed by atoms with Crippen LogP contribution in [0, 0.1) is 6.92 Å². The number of aromatic nitrogens is 2. The molecule has 0 unspecified atom stereocenters. The highest BCUT2D eigenvalue weighted by atomic mass is 16.1. The molecule has 0 radical (unpaired) electrons. The summed E-state index contributed by atoms with van der Waals surface area (Å²) in [5.41, 5.74) is 8.45. The van der Waals surface area contributed by atoms with Crippen molar-refractivity contribution in [3.8, 4) is 0 Å². The van der Waals surface area contributed by atoms with Gasteiger partial charge in [0.15, 0.2) is 0 Å². The van der Waals surface area contributed by atoms with Crippen molar-refractivity contribution in [2.75, 3.05) is 5.73 Å². The minimum absolute atomic E-state index is 0.207. The molecule has 0 atom stereocenters. The molecule has 18 heavy (non-hydrogen) atoms. The number of para-hydroxylation sites is 1. The van der Waals surface area contributed by atoms with Gasteiger partial charge in [-0.15, -0.1) is 0 Å². The second-order valence-electron chi connectivity index (χ2n) is 3.93. The molecule has 0 aliphatic rings. The van der Waals surface area contributed by atoms with Crippen LogP contribution in [-0.4, -0.2) is 16.1 Å². The molecule has 92 valence electrons. The Morgan fingerprint density at radius 1 is 1.33 bits per heavy atom. The van der Waals surface area contributed by atoms with E-state index in [4.69, 9.17) is 5.73 Å². The maximum atomic E-state index is 12.0. The van der Waals surface area contributed by atoms with Crippen molar-refractivity contribution in [3.05, 3.63) is 53.3 Å². The zero-order valence-corrected chi connectivity index (χ0v) is 10.1. The van der Waals surface area contributed by atoms with E-state index in [1.165, 1.54) is 0 Å². The standard InChI is InChI=1S/C13H14N4O/c1-9-4-2-6-11(12(9)14)13(18)15-8-10-5-3-7-16-17-10/h2-7H,8,14H2,1H3,(H,15,18). The van der Waals surface area contributed by atoms with E-state index in [2.05, 4.69) is 15.5 Å². The number of aryl methyl sites for hydroxylation is 1. The number of hydrogen-bond acceptors (Lipinski definition) is 4. The summed E-state index contributed by atoms with van der Waals surface area (Å²) in [7, 11) is 0. The van der Waals surface area contributed by atoms with Gasteiger partial charge in [-0.1, -0.05) is 12.1 Å². The van der Waals surface area contributed by atoms with Crippen LogP contribution in [0.4, 0.5) is 5.69 Å². The summed E-state index contributed by atoms with van der Waals surface area (Å²) in [6.07, 6.45) is 1.59. The molecular formula is C13H14N4O. The molecule has 1 heterocycles. The Bertz CT molecular complexity index is 554. The summed E-state index contributed by atoms with van der Waals surface area (Å²) in [6.45, 7) is 2.20. The van der Waals surface area contributed by atoms with Crippen LogP contribution < -0.4 is 11.1 Å². The van der Waals surface area contributed by atoms with Gasteiger partial charge in [-0.2, -0.15) is 10.2 Å². The summed E-state index contributed by atoms with van der Waals surface area (Å²) in [5, 5.41) is 10.4. The van der Waals surface area contributed by atoms with Gasteiger partial charge in [0, 0.05) is 11.9 Å². The summed E-state index contributed by atoms with van der Waals surface area (Å²) >= 11 is 0. The van der Waals surface area contributed by atoms with Crippen LogP contribution in [0.25, 0.3) is 0 Å². The fraction of sp³-hybridized carbons (Fsp3) is 0.154. The molecule has 0 spiro atoms. The number of amides is 1. The Balaban J connectivity index is 2.07. The van der Waals surface area contributed by atoms with Crippen LogP contribution in [-0.2, 0) is 6.54 Å². The number of rotatable bonds is 3. The quantitative estimate of drug-likeness (QED) is 0.795. The maximum absolute atomic E-state index is 12.0. The Kier molecular flexibility index (Phi) is 3.52. The molecule has 0 saturated carbocycles. The molecular weight excluding hydrogens is 228 g/mol. The van der Waals surface area contributed by atoms with Crippen molar-refractivity contribution in [3.63, 3.8) is 0 Å². The van der Waals surface area contributed by atoms with E-state index in [9.17, 15) is 4.79 Å². The molecule has 5 heteroatoms. The fourth-order valence-corrected chi connectivity index (χ4v) is 1.57. The first-order valence-corrected chi connectivity index (χ1v) is 5.58. The van der Waals surface area contributed by atoms with Gasteiger partial charge < -0.3 is 11.1 Å². The molecule has 1 aromatic heterocycles. The monoisotopic (exact) mass is 242 g/mol. The van der Waals surface area contributed by atoms with Crippen LogP contribution in [0.2, 0.25) is 0 Å². The van der Waals surface area contributed by atoms with Crippen LogP contribution in [0.3, 0.4) is 0 Å². The lowest BCUT2D eigenvalue weighted by atomic mass is 10.1. The lowest BCUT2D eigenvalue weighted by molar-refractivity contribution is 0.0951. The predicted octanol–water partition coefficient (Wildman–Crippen LogP) is 1.30. The van der Waals surface area contributed by atoms with Crippen molar-refractivity contribution in [1.29, 1.82) is 0 Å². The average Bonchev–Trinajstić information content (AvgIpc) is 2.40. The van der Waals surface area contributed by atoms with E-state index < -0.39 is 0 Å². The molecule has 0 aliphatic heterocycles. The Morgan fingerprint density at radius 3 is 2.89 bits per heavy atom. The molecule has 0 aliphatic carbocycles. The van der Waals surface area contributed by atoms with Gasteiger partial charge in [-0.25, -0.2) is 0 Å². The fourth-order valence-electron chi connectivity index (χ4n) is 1.57. The highest BCUT2D eigenvalue weighted by molar-refractivity contribution is 5.99. The number of carbonyl (C=O) groups excluding carboxylic acids is 1. The van der Waals surface area contributed by atoms with E-state index in [1.807, 2.05) is 19.1 Å². The third kappa shape index (κ3) is 2.63. The molecule has 2 rings (SSSR count). The van der Waals surface area contributed by atoms with Crippen LogP contribution in [0.5, 0.6) is 0 Å². The van der Waals surface area contributed by atoms with E-state index in [0.717, 1.165) is 5.56 Å². The number of hydrogen-bond donors (Lipinski definition) is 2. The van der Waals surface area contributed by atoms with Gasteiger partial charge in [0.1, 0.15) is 0 Å². The maximum Gasteiger partial charge on any atom is 0.253 e. The third-order valence-corrected chi connectivity index (χ3v) is 2.63. The highest BCUT2D eigenvalue weighted by Gasteiger charge is 2.10. The van der Waals surface area contributed by atoms with Crippen molar-refractivity contribution >= 4 is 11.6 Å². The van der Waals surface area contributed by atoms with Crippen LogP contribution in [0.15, 0.2) is 36.5 Å². The minimum atomic E-state index is -0.207. The van der Waals surface area contributed by atoms with Crippen molar-refractivity contribution in [2.45, 2.75) is 13.5 Å². The number of benzene rings is 1. The molecule has 0 fully saturated rings. The number of nitrogens with two attached hydrogens (primary N) is 1. The van der Waals surface area contributed by atoms with Crippen molar-refractivity contribution in [1.82, 2.24) is 15.5 Å². The second-order valence-corrected chi connectivity index (χ2v) is 3.93. The average molecular weight is 242 g/mol. The number of nitrogen functional groups attached to an aromatic ring is 1. The van der Waals surface area contributed by atoms with Gasteiger partial charge in [0.05, 0.1) is 17.8 Å². The first-order valence-electron chi connectivity index (χ1n) is 5.58. The largest absolute Gasteiger partial charge is 0.398 e. The molecule has 1 aromatic carbocycles. The van der Waals surface area contributed by atoms with E-state index in [0.29, 0.717) is 23.5 Å². The van der Waals surface area contributed by atoms with Gasteiger partial charge in [-0.05, 0) is 30.7 Å². The number of nitrogens with zero attached hydrogens (tertiary/aromatic N) is 2. The second kappa shape index (κ2) is 5.27. The smallest absolute Gasteiger partial charge is 0.253 e. The van der Waals surface area contributed by atoms with E-state index >= 15 is 0 Å². The summed E-state index contributed by atoms with van der Waals surface area (Å²) in [4.78, 5) is 12.0. The topological polar surface area (TPSA) is 80.9 Å². The molecule has 5 nitrogen and oxygen atoms in total. The SMILES string of the molecule is Cc1cccc(C(=O)NCc2cccnn2)c1N. The molecule has 0 bridgehead atoms. The van der Waals surface area contributed by atoms with Gasteiger partial charge in [0.25, 0.3) is 5.91 Å². The summed E-state index contributed by atoms with van der Waals surface area (Å²) in [5.74, 6) is -0.207. The van der Waals surface area contributed by atoms with Crippen molar-refractivity contribution < 1.29 is 4.79 Å². The van der Waals surface area contributed by atoms with Gasteiger partial charge in [0.2, 0.25) is 0 Å². The normalized spacial score (nSPS) is 10.1. The van der Waals surface area contributed by atoms with Crippen LogP contribution in [0.1, 0.15) is 21.6 Å². The van der Waals surface area contributed by atoms with E-state index in [1.54, 1.807) is 24.4 Å². The molecule has 1 amide bonds. The zero-order valence-electron chi connectivity index (χ0n) is 10.1. The zero-order chi connectivity index (χ0) is 13.0. The lowest BCUT2D eigenvalue weighted by Crippen LogP contribution is -2.24. The van der Waals surface area contributed by atoms with Gasteiger partial charge >= 0.3 is 0 Å². The molecule has 3 N–H and O–H groups in total. The third-order valence-electron chi connectivity index (χ3n) is 2.63. The highest BCUT2D eigenvalue weighted by Crippen LogP contribution is 2.16. The van der Waals surface area contributed by atoms with Crippen LogP contribution >= 0.6 is 0 Å². The number of carbonyl (C=O) groups is 1.